The Morgan fingerprint density at radius 3 is 2.10 bits per heavy atom. The van der Waals surface area contributed by atoms with E-state index in [4.69, 9.17) is 0 Å². The Labute approximate surface area is 170 Å². The maximum atomic E-state index is 12.6. The Kier molecular flexibility index (Phi) is 6.59. The number of carbonyl (C=O) groups excluding carboxylic acids is 2. The van der Waals surface area contributed by atoms with Crippen molar-refractivity contribution in [2.45, 2.75) is 13.0 Å². The van der Waals surface area contributed by atoms with Crippen LogP contribution in [0.4, 0.5) is 0 Å². The van der Waals surface area contributed by atoms with Gasteiger partial charge >= 0.3 is 5.97 Å². The molecule has 0 aromatic heterocycles. The Balaban J connectivity index is 1.75. The number of esters is 1. The van der Waals surface area contributed by atoms with Crippen LogP contribution >= 0.6 is 0 Å². The first kappa shape index (κ1) is 20.1. The minimum Gasteiger partial charge on any atom is -0.465 e. The van der Waals surface area contributed by atoms with Gasteiger partial charge in [-0.05, 0) is 41.8 Å². The molecule has 1 amide bonds. The van der Waals surface area contributed by atoms with E-state index in [2.05, 4.69) is 10.1 Å². The number of hydrogen-bond acceptors (Lipinski definition) is 3. The predicted molar refractivity (Wildman–Crippen MR) is 114 cm³/mol. The zero-order valence-electron chi connectivity index (χ0n) is 16.5. The second-order valence-corrected chi connectivity index (χ2v) is 6.71. The minimum atomic E-state index is -0.387. The van der Waals surface area contributed by atoms with E-state index >= 15 is 0 Å². The highest BCUT2D eigenvalue weighted by Gasteiger charge is 2.15. The van der Waals surface area contributed by atoms with Crippen LogP contribution in [-0.4, -0.2) is 19.0 Å². The fraction of sp³-hybridized carbons (Fsp3) is 0.120. The monoisotopic (exact) mass is 385 g/mol. The van der Waals surface area contributed by atoms with Crippen molar-refractivity contribution >= 4 is 18.0 Å². The lowest BCUT2D eigenvalue weighted by Crippen LogP contribution is -2.27. The van der Waals surface area contributed by atoms with E-state index in [1.165, 1.54) is 18.7 Å². The third kappa shape index (κ3) is 5.42. The first-order valence-corrected chi connectivity index (χ1v) is 9.35. The maximum absolute atomic E-state index is 12.6. The molecule has 0 radical (unpaired) electrons. The van der Waals surface area contributed by atoms with Crippen LogP contribution < -0.4 is 5.32 Å². The summed E-state index contributed by atoms with van der Waals surface area (Å²) in [6.07, 6.45) is 3.21. The summed E-state index contributed by atoms with van der Waals surface area (Å²) >= 11 is 0. The molecule has 3 aromatic carbocycles. The molecule has 1 atom stereocenters. The fourth-order valence-corrected chi connectivity index (χ4v) is 2.97. The number of benzene rings is 3. The number of methoxy groups -OCH3 is 1. The molecular formula is C25H23NO3. The Morgan fingerprint density at radius 2 is 1.48 bits per heavy atom. The summed E-state index contributed by atoms with van der Waals surface area (Å²) in [6.45, 7) is 2.04. The van der Waals surface area contributed by atoms with Crippen LogP contribution in [-0.2, 0) is 9.53 Å². The molecule has 3 aromatic rings. The van der Waals surface area contributed by atoms with E-state index < -0.39 is 0 Å². The van der Waals surface area contributed by atoms with E-state index in [-0.39, 0.29) is 17.9 Å². The highest BCUT2D eigenvalue weighted by atomic mass is 16.5. The summed E-state index contributed by atoms with van der Waals surface area (Å²) in [5, 5.41) is 3.08. The van der Waals surface area contributed by atoms with Crippen LogP contribution in [0.15, 0.2) is 84.9 Å². The summed E-state index contributed by atoms with van der Waals surface area (Å²) in [7, 11) is 1.34. The second-order valence-electron chi connectivity index (χ2n) is 6.71. The first-order valence-electron chi connectivity index (χ1n) is 9.35. The van der Waals surface area contributed by atoms with Crippen molar-refractivity contribution < 1.29 is 14.3 Å². The van der Waals surface area contributed by atoms with Gasteiger partial charge in [-0.15, -0.1) is 0 Å². The van der Waals surface area contributed by atoms with Gasteiger partial charge in [-0.3, -0.25) is 4.79 Å². The first-order chi connectivity index (χ1) is 14.1. The van der Waals surface area contributed by atoms with Gasteiger partial charge in [0.1, 0.15) is 0 Å². The molecule has 3 rings (SSSR count). The van der Waals surface area contributed by atoms with Crippen LogP contribution in [0.1, 0.15) is 38.7 Å². The SMILES string of the molecule is COC(=O)c1ccc(/C=C/C(=O)NC(c2ccccc2)c2ccc(C)cc2)cc1. The van der Waals surface area contributed by atoms with Crippen molar-refractivity contribution in [3.8, 4) is 0 Å². The Bertz CT molecular complexity index is 991. The van der Waals surface area contributed by atoms with E-state index in [0.717, 1.165) is 16.7 Å². The molecule has 4 heteroatoms. The predicted octanol–water partition coefficient (Wildman–Crippen LogP) is 4.70. The van der Waals surface area contributed by atoms with Gasteiger partial charge < -0.3 is 10.1 Å². The molecule has 0 spiro atoms. The largest absolute Gasteiger partial charge is 0.465 e. The summed E-state index contributed by atoms with van der Waals surface area (Å²) < 4.78 is 4.69. The summed E-state index contributed by atoms with van der Waals surface area (Å²) in [5.74, 6) is -0.585. The molecule has 0 aliphatic carbocycles. The topological polar surface area (TPSA) is 55.4 Å². The maximum Gasteiger partial charge on any atom is 0.337 e. The average Bonchev–Trinajstić information content (AvgIpc) is 2.77. The smallest absolute Gasteiger partial charge is 0.337 e. The zero-order chi connectivity index (χ0) is 20.6. The Hall–Kier alpha value is -3.66. The van der Waals surface area contributed by atoms with Gasteiger partial charge in [-0.1, -0.05) is 72.3 Å². The van der Waals surface area contributed by atoms with Gasteiger partial charge in [0.25, 0.3) is 0 Å². The van der Waals surface area contributed by atoms with Crippen molar-refractivity contribution in [2.75, 3.05) is 7.11 Å². The molecule has 1 unspecified atom stereocenters. The lowest BCUT2D eigenvalue weighted by Gasteiger charge is -2.19. The highest BCUT2D eigenvalue weighted by Crippen LogP contribution is 2.22. The van der Waals surface area contributed by atoms with Crippen molar-refractivity contribution in [1.29, 1.82) is 0 Å². The number of carbonyl (C=O) groups is 2. The summed E-state index contributed by atoms with van der Waals surface area (Å²) in [4.78, 5) is 24.1. The fourth-order valence-electron chi connectivity index (χ4n) is 2.97. The van der Waals surface area contributed by atoms with Crippen molar-refractivity contribution in [1.82, 2.24) is 5.32 Å². The highest BCUT2D eigenvalue weighted by molar-refractivity contribution is 5.93. The normalized spacial score (nSPS) is 11.8. The van der Waals surface area contributed by atoms with Gasteiger partial charge in [0.15, 0.2) is 0 Å². The molecule has 0 saturated carbocycles. The van der Waals surface area contributed by atoms with Crippen LogP contribution in [0.3, 0.4) is 0 Å². The molecule has 146 valence electrons. The molecule has 0 heterocycles. The van der Waals surface area contributed by atoms with Gasteiger partial charge in [0.05, 0.1) is 18.7 Å². The van der Waals surface area contributed by atoms with Crippen LogP contribution in [0.25, 0.3) is 6.08 Å². The van der Waals surface area contributed by atoms with E-state index in [1.54, 1.807) is 30.3 Å². The number of rotatable bonds is 6. The lowest BCUT2D eigenvalue weighted by atomic mass is 9.98. The quantitative estimate of drug-likeness (QED) is 0.494. The van der Waals surface area contributed by atoms with Gasteiger partial charge in [-0.25, -0.2) is 4.79 Å². The number of amides is 1. The third-order valence-electron chi connectivity index (χ3n) is 4.59. The van der Waals surface area contributed by atoms with Crippen molar-refractivity contribution in [2.24, 2.45) is 0 Å². The van der Waals surface area contributed by atoms with E-state index in [0.29, 0.717) is 5.56 Å². The third-order valence-corrected chi connectivity index (χ3v) is 4.59. The summed E-state index contributed by atoms with van der Waals surface area (Å²) in [5.41, 5.74) is 4.49. The molecule has 29 heavy (non-hydrogen) atoms. The molecule has 1 N–H and O–H groups in total. The van der Waals surface area contributed by atoms with Gasteiger partial charge in [-0.2, -0.15) is 0 Å². The standard InChI is InChI=1S/C25H23NO3/c1-18-8-13-21(14-9-18)24(20-6-4-3-5-7-20)26-23(27)17-12-19-10-15-22(16-11-19)25(28)29-2/h3-17,24H,1-2H3,(H,26,27)/b17-12+. The van der Waals surface area contributed by atoms with Gasteiger partial charge in [0.2, 0.25) is 5.91 Å². The van der Waals surface area contributed by atoms with Gasteiger partial charge in [0, 0.05) is 6.08 Å². The number of hydrogen-bond donors (Lipinski definition) is 1. The molecular weight excluding hydrogens is 362 g/mol. The molecule has 0 saturated heterocycles. The number of aryl methyl sites for hydroxylation is 1. The molecule has 4 nitrogen and oxygen atoms in total. The summed E-state index contributed by atoms with van der Waals surface area (Å²) in [6, 6.07) is 24.6. The molecule has 0 aliphatic rings. The van der Waals surface area contributed by atoms with E-state index in [9.17, 15) is 9.59 Å². The number of nitrogens with one attached hydrogen (secondary N) is 1. The van der Waals surface area contributed by atoms with Crippen LogP contribution in [0.5, 0.6) is 0 Å². The van der Waals surface area contributed by atoms with Crippen LogP contribution in [0.2, 0.25) is 0 Å². The van der Waals surface area contributed by atoms with E-state index in [1.807, 2.05) is 61.5 Å². The molecule has 0 bridgehead atoms. The Morgan fingerprint density at radius 1 is 0.862 bits per heavy atom. The number of ether oxygens (including phenoxy) is 1. The minimum absolute atomic E-state index is 0.198. The van der Waals surface area contributed by atoms with Crippen molar-refractivity contribution in [3.63, 3.8) is 0 Å². The molecule has 0 fully saturated rings. The zero-order valence-corrected chi connectivity index (χ0v) is 16.5. The van der Waals surface area contributed by atoms with Crippen LogP contribution in [0, 0.1) is 6.92 Å². The molecule has 0 aliphatic heterocycles. The lowest BCUT2D eigenvalue weighted by molar-refractivity contribution is -0.116. The second kappa shape index (κ2) is 9.51. The average molecular weight is 385 g/mol. The van der Waals surface area contributed by atoms with Crippen molar-refractivity contribution in [3.05, 3.63) is 113 Å².